The monoisotopic (exact) mass is 375 g/mol. The molecule has 1 aliphatic carbocycles. The third-order valence-corrected chi connectivity index (χ3v) is 5.01. The van der Waals surface area contributed by atoms with E-state index in [1.165, 1.54) is 19.1 Å². The Morgan fingerprint density at radius 3 is 2.41 bits per heavy atom. The molecule has 6 heteroatoms. The van der Waals surface area contributed by atoms with Gasteiger partial charge in [0.25, 0.3) is 0 Å². The topological polar surface area (TPSA) is 81.7 Å². The third kappa shape index (κ3) is 6.38. The molecule has 0 spiro atoms. The Labute approximate surface area is 160 Å². The zero-order valence-electron chi connectivity index (χ0n) is 16.5. The van der Waals surface area contributed by atoms with Gasteiger partial charge in [-0.1, -0.05) is 27.2 Å². The van der Waals surface area contributed by atoms with E-state index in [-0.39, 0.29) is 12.0 Å². The second-order valence-electron chi connectivity index (χ2n) is 7.69. The fourth-order valence-electron chi connectivity index (χ4n) is 3.55. The van der Waals surface area contributed by atoms with Crippen molar-refractivity contribution in [3.63, 3.8) is 0 Å². The highest BCUT2D eigenvalue weighted by Gasteiger charge is 2.33. The summed E-state index contributed by atoms with van der Waals surface area (Å²) in [5.74, 6) is 0.0242. The van der Waals surface area contributed by atoms with Crippen LogP contribution < -0.4 is 5.32 Å². The molecule has 0 bridgehead atoms. The lowest BCUT2D eigenvalue weighted by Gasteiger charge is -2.36. The second kappa shape index (κ2) is 9.53. The van der Waals surface area contributed by atoms with Crippen molar-refractivity contribution in [1.82, 2.24) is 0 Å². The molecule has 1 aromatic carbocycles. The molecule has 27 heavy (non-hydrogen) atoms. The minimum Gasteiger partial charge on any atom is -0.460 e. The maximum atomic E-state index is 12.2. The van der Waals surface area contributed by atoms with Crippen LogP contribution in [0.15, 0.2) is 24.3 Å². The smallest absolute Gasteiger partial charge is 0.344 e. The minimum atomic E-state index is -0.598. The average Bonchev–Trinajstić information content (AvgIpc) is 2.59. The molecular formula is C21H29NO5. The number of hydrogen-bond acceptors (Lipinski definition) is 5. The molecule has 2 rings (SSSR count). The van der Waals surface area contributed by atoms with Gasteiger partial charge in [0.15, 0.2) is 6.61 Å². The summed E-state index contributed by atoms with van der Waals surface area (Å²) in [6.07, 6.45) is 2.95. The van der Waals surface area contributed by atoms with E-state index in [0.29, 0.717) is 29.0 Å². The van der Waals surface area contributed by atoms with Crippen molar-refractivity contribution in [2.75, 3.05) is 11.9 Å². The van der Waals surface area contributed by atoms with Crippen LogP contribution in [0.3, 0.4) is 0 Å². The van der Waals surface area contributed by atoms with E-state index >= 15 is 0 Å². The van der Waals surface area contributed by atoms with Gasteiger partial charge in [0, 0.05) is 12.6 Å². The van der Waals surface area contributed by atoms with Crippen LogP contribution in [0.25, 0.3) is 0 Å². The number of esters is 2. The quantitative estimate of drug-likeness (QED) is 0.765. The third-order valence-electron chi connectivity index (χ3n) is 5.01. The molecule has 1 saturated carbocycles. The first-order valence-corrected chi connectivity index (χ1v) is 9.50. The predicted octanol–water partition coefficient (Wildman–Crippen LogP) is 3.81. The SMILES string of the molecule is CC(=O)Nc1ccc(C(=O)OCC(=O)O[C@@H]2C[C@@H](C)CC[C@@H]2C(C)C)cc1. The van der Waals surface area contributed by atoms with E-state index in [0.717, 1.165) is 19.3 Å². The Kier molecular flexibility index (Phi) is 7.39. The number of amides is 1. The fraction of sp³-hybridized carbons (Fsp3) is 0.571. The zero-order valence-corrected chi connectivity index (χ0v) is 16.5. The van der Waals surface area contributed by atoms with Crippen LogP contribution in [0, 0.1) is 17.8 Å². The molecule has 0 radical (unpaired) electrons. The van der Waals surface area contributed by atoms with Crippen LogP contribution in [-0.4, -0.2) is 30.6 Å². The molecule has 0 heterocycles. The Balaban J connectivity index is 1.85. The maximum absolute atomic E-state index is 12.2. The van der Waals surface area contributed by atoms with Gasteiger partial charge in [-0.15, -0.1) is 0 Å². The standard InChI is InChI=1S/C21H29NO5/c1-13(2)18-10-5-14(3)11-19(18)27-20(24)12-26-21(25)16-6-8-17(9-7-16)22-15(4)23/h6-9,13-14,18-19H,5,10-12H2,1-4H3,(H,22,23)/t14-,18+,19+/m0/s1. The first-order chi connectivity index (χ1) is 12.8. The number of anilines is 1. The van der Waals surface area contributed by atoms with E-state index in [9.17, 15) is 14.4 Å². The number of hydrogen-bond donors (Lipinski definition) is 1. The summed E-state index contributed by atoms with van der Waals surface area (Å²) >= 11 is 0. The summed E-state index contributed by atoms with van der Waals surface area (Å²) in [6, 6.07) is 6.28. The fourth-order valence-corrected chi connectivity index (χ4v) is 3.55. The van der Waals surface area contributed by atoms with E-state index in [1.807, 2.05) is 0 Å². The molecule has 1 fully saturated rings. The van der Waals surface area contributed by atoms with Gasteiger partial charge in [-0.3, -0.25) is 4.79 Å². The maximum Gasteiger partial charge on any atom is 0.344 e. The largest absolute Gasteiger partial charge is 0.460 e. The lowest BCUT2D eigenvalue weighted by molar-refractivity contribution is -0.159. The number of carbonyl (C=O) groups excluding carboxylic acids is 3. The van der Waals surface area contributed by atoms with Gasteiger partial charge in [0.2, 0.25) is 5.91 Å². The lowest BCUT2D eigenvalue weighted by Crippen LogP contribution is -2.36. The number of ether oxygens (including phenoxy) is 2. The van der Waals surface area contributed by atoms with Crippen molar-refractivity contribution >= 4 is 23.5 Å². The highest BCUT2D eigenvalue weighted by atomic mass is 16.6. The molecule has 1 amide bonds. The minimum absolute atomic E-state index is 0.114. The summed E-state index contributed by atoms with van der Waals surface area (Å²) in [4.78, 5) is 35.2. The van der Waals surface area contributed by atoms with Crippen molar-refractivity contribution in [2.24, 2.45) is 17.8 Å². The van der Waals surface area contributed by atoms with E-state index in [1.54, 1.807) is 12.1 Å². The van der Waals surface area contributed by atoms with Gasteiger partial charge in [-0.05, 0) is 54.9 Å². The summed E-state index contributed by atoms with van der Waals surface area (Å²) in [5.41, 5.74) is 0.896. The van der Waals surface area contributed by atoms with Gasteiger partial charge in [0.1, 0.15) is 6.10 Å². The molecule has 0 aliphatic heterocycles. The summed E-state index contributed by atoms with van der Waals surface area (Å²) in [7, 11) is 0. The van der Waals surface area contributed by atoms with Gasteiger partial charge >= 0.3 is 11.9 Å². The van der Waals surface area contributed by atoms with Crippen molar-refractivity contribution in [1.29, 1.82) is 0 Å². The molecule has 3 atom stereocenters. The molecule has 0 unspecified atom stereocenters. The highest BCUT2D eigenvalue weighted by Crippen LogP contribution is 2.35. The molecule has 0 aromatic heterocycles. The molecule has 148 valence electrons. The van der Waals surface area contributed by atoms with Crippen molar-refractivity contribution in [3.05, 3.63) is 29.8 Å². The van der Waals surface area contributed by atoms with E-state index in [2.05, 4.69) is 26.1 Å². The summed E-state index contributed by atoms with van der Waals surface area (Å²) in [6.45, 7) is 7.47. The molecule has 0 saturated heterocycles. The van der Waals surface area contributed by atoms with Crippen molar-refractivity contribution in [3.8, 4) is 0 Å². The molecular weight excluding hydrogens is 346 g/mol. The first kappa shape index (κ1) is 20.9. The molecule has 6 nitrogen and oxygen atoms in total. The number of benzene rings is 1. The van der Waals surface area contributed by atoms with Crippen LogP contribution in [0.4, 0.5) is 5.69 Å². The van der Waals surface area contributed by atoms with Crippen molar-refractivity contribution < 1.29 is 23.9 Å². The highest BCUT2D eigenvalue weighted by molar-refractivity contribution is 5.92. The van der Waals surface area contributed by atoms with Crippen LogP contribution >= 0.6 is 0 Å². The molecule has 1 aliphatic rings. The normalized spacial score (nSPS) is 22.2. The van der Waals surface area contributed by atoms with Crippen LogP contribution in [0.2, 0.25) is 0 Å². The van der Waals surface area contributed by atoms with Gasteiger partial charge < -0.3 is 14.8 Å². The van der Waals surface area contributed by atoms with Crippen LogP contribution in [-0.2, 0) is 19.1 Å². The van der Waals surface area contributed by atoms with E-state index in [4.69, 9.17) is 9.47 Å². The van der Waals surface area contributed by atoms with Gasteiger partial charge in [0.05, 0.1) is 5.56 Å². The van der Waals surface area contributed by atoms with Crippen LogP contribution in [0.5, 0.6) is 0 Å². The second-order valence-corrected chi connectivity index (χ2v) is 7.69. The molecule has 1 N–H and O–H groups in total. The van der Waals surface area contributed by atoms with Crippen molar-refractivity contribution in [2.45, 2.75) is 53.1 Å². The lowest BCUT2D eigenvalue weighted by atomic mass is 9.75. The zero-order chi connectivity index (χ0) is 20.0. The Hall–Kier alpha value is -2.37. The number of rotatable bonds is 6. The number of nitrogens with one attached hydrogen (secondary N) is 1. The predicted molar refractivity (Wildman–Crippen MR) is 102 cm³/mol. The molecule has 1 aromatic rings. The summed E-state index contributed by atoms with van der Waals surface area (Å²) < 4.78 is 10.7. The Morgan fingerprint density at radius 2 is 1.81 bits per heavy atom. The first-order valence-electron chi connectivity index (χ1n) is 9.50. The van der Waals surface area contributed by atoms with E-state index < -0.39 is 18.5 Å². The average molecular weight is 375 g/mol. The Morgan fingerprint density at radius 1 is 1.15 bits per heavy atom. The summed E-state index contributed by atoms with van der Waals surface area (Å²) in [5, 5.41) is 2.62. The van der Waals surface area contributed by atoms with Gasteiger partial charge in [-0.2, -0.15) is 0 Å². The van der Waals surface area contributed by atoms with Gasteiger partial charge in [-0.25, -0.2) is 9.59 Å². The van der Waals surface area contributed by atoms with Crippen LogP contribution in [0.1, 0.15) is 57.3 Å². The Bertz CT molecular complexity index is 668. The number of carbonyl (C=O) groups is 3.